The summed E-state index contributed by atoms with van der Waals surface area (Å²) in [6.45, 7) is 10.4. The normalized spacial score (nSPS) is 24.2. The first-order valence-electron chi connectivity index (χ1n) is 8.08. The van der Waals surface area contributed by atoms with Gasteiger partial charge in [-0.2, -0.15) is 0 Å². The molecule has 20 heavy (non-hydrogen) atoms. The van der Waals surface area contributed by atoms with E-state index < -0.39 is 0 Å². The maximum absolute atomic E-state index is 4.45. The van der Waals surface area contributed by atoms with Gasteiger partial charge >= 0.3 is 0 Å². The van der Waals surface area contributed by atoms with E-state index in [2.05, 4.69) is 48.1 Å². The number of nitrogens with zero attached hydrogens (tertiary/aromatic N) is 2. The SMILES string of the molecule is CCCC1CN(CCc2ccccn2)C(C(C)C)CN1. The summed E-state index contributed by atoms with van der Waals surface area (Å²) in [6, 6.07) is 7.53. The standard InChI is InChI=1S/C17H29N3/c1-4-7-16-13-20(17(12-19-16)14(2)3)11-9-15-8-5-6-10-18-15/h5-6,8,10,14,16-17,19H,4,7,9,11-13H2,1-3H3. The third kappa shape index (κ3) is 4.29. The first-order chi connectivity index (χ1) is 9.70. The molecule has 0 spiro atoms. The molecule has 0 aromatic carbocycles. The molecule has 1 aromatic heterocycles. The first-order valence-corrected chi connectivity index (χ1v) is 8.08. The van der Waals surface area contributed by atoms with Gasteiger partial charge in [-0.3, -0.25) is 9.88 Å². The molecule has 112 valence electrons. The summed E-state index contributed by atoms with van der Waals surface area (Å²) in [7, 11) is 0. The Balaban J connectivity index is 1.93. The third-order valence-electron chi connectivity index (χ3n) is 4.33. The fourth-order valence-electron chi connectivity index (χ4n) is 3.16. The molecular formula is C17H29N3. The Morgan fingerprint density at radius 3 is 2.90 bits per heavy atom. The van der Waals surface area contributed by atoms with Crippen LogP contribution in [0.4, 0.5) is 0 Å². The van der Waals surface area contributed by atoms with E-state index in [1.807, 2.05) is 12.3 Å². The van der Waals surface area contributed by atoms with E-state index in [0.29, 0.717) is 18.0 Å². The fourth-order valence-corrected chi connectivity index (χ4v) is 3.16. The second kappa shape index (κ2) is 7.75. The Kier molecular flexibility index (Phi) is 5.99. The second-order valence-electron chi connectivity index (χ2n) is 6.27. The summed E-state index contributed by atoms with van der Waals surface area (Å²) < 4.78 is 0. The van der Waals surface area contributed by atoms with E-state index in [4.69, 9.17) is 0 Å². The highest BCUT2D eigenvalue weighted by atomic mass is 15.2. The van der Waals surface area contributed by atoms with Crippen LogP contribution in [0.3, 0.4) is 0 Å². The average Bonchev–Trinajstić information content (AvgIpc) is 2.46. The van der Waals surface area contributed by atoms with Crippen LogP contribution in [0.2, 0.25) is 0 Å². The minimum atomic E-state index is 0.659. The number of hydrogen-bond donors (Lipinski definition) is 1. The zero-order valence-electron chi connectivity index (χ0n) is 13.2. The monoisotopic (exact) mass is 275 g/mol. The zero-order valence-corrected chi connectivity index (χ0v) is 13.2. The molecule has 1 aliphatic heterocycles. The molecular weight excluding hydrogens is 246 g/mol. The van der Waals surface area contributed by atoms with Gasteiger partial charge in [0.2, 0.25) is 0 Å². The highest BCUT2D eigenvalue weighted by Crippen LogP contribution is 2.17. The molecule has 2 heterocycles. The number of pyridine rings is 1. The number of aromatic nitrogens is 1. The summed E-state index contributed by atoms with van der Waals surface area (Å²) >= 11 is 0. The highest BCUT2D eigenvalue weighted by Gasteiger charge is 2.28. The topological polar surface area (TPSA) is 28.2 Å². The van der Waals surface area contributed by atoms with Crippen molar-refractivity contribution in [1.29, 1.82) is 0 Å². The number of piperazine rings is 1. The minimum absolute atomic E-state index is 0.659. The number of rotatable bonds is 6. The van der Waals surface area contributed by atoms with Crippen LogP contribution in [-0.4, -0.2) is 41.6 Å². The first kappa shape index (κ1) is 15.5. The van der Waals surface area contributed by atoms with E-state index in [0.717, 1.165) is 19.5 Å². The Labute approximate surface area is 123 Å². The second-order valence-corrected chi connectivity index (χ2v) is 6.27. The van der Waals surface area contributed by atoms with Crippen LogP contribution in [-0.2, 0) is 6.42 Å². The third-order valence-corrected chi connectivity index (χ3v) is 4.33. The molecule has 0 saturated carbocycles. The Morgan fingerprint density at radius 2 is 2.25 bits per heavy atom. The van der Waals surface area contributed by atoms with E-state index >= 15 is 0 Å². The largest absolute Gasteiger partial charge is 0.311 e. The molecule has 1 aromatic rings. The van der Waals surface area contributed by atoms with E-state index in [1.165, 1.54) is 25.1 Å². The summed E-state index contributed by atoms with van der Waals surface area (Å²) in [5, 5.41) is 3.72. The van der Waals surface area contributed by atoms with Crippen LogP contribution < -0.4 is 5.32 Å². The van der Waals surface area contributed by atoms with Crippen molar-refractivity contribution in [2.45, 2.75) is 52.1 Å². The van der Waals surface area contributed by atoms with Crippen molar-refractivity contribution < 1.29 is 0 Å². The predicted octanol–water partition coefficient (Wildman–Crippen LogP) is 2.72. The van der Waals surface area contributed by atoms with Gasteiger partial charge in [-0.05, 0) is 24.5 Å². The molecule has 2 atom stereocenters. The van der Waals surface area contributed by atoms with Crippen LogP contribution in [0.25, 0.3) is 0 Å². The van der Waals surface area contributed by atoms with Crippen LogP contribution in [0.1, 0.15) is 39.3 Å². The van der Waals surface area contributed by atoms with Crippen molar-refractivity contribution >= 4 is 0 Å². The molecule has 1 fully saturated rings. The van der Waals surface area contributed by atoms with E-state index in [9.17, 15) is 0 Å². The lowest BCUT2D eigenvalue weighted by atomic mass is 9.96. The van der Waals surface area contributed by atoms with Gasteiger partial charge in [0.25, 0.3) is 0 Å². The van der Waals surface area contributed by atoms with Crippen molar-refractivity contribution in [2.75, 3.05) is 19.6 Å². The summed E-state index contributed by atoms with van der Waals surface area (Å²) in [5.41, 5.74) is 1.21. The molecule has 1 saturated heterocycles. The van der Waals surface area contributed by atoms with Crippen molar-refractivity contribution in [2.24, 2.45) is 5.92 Å². The summed E-state index contributed by atoms with van der Waals surface area (Å²) in [4.78, 5) is 7.12. The maximum Gasteiger partial charge on any atom is 0.0416 e. The lowest BCUT2D eigenvalue weighted by Gasteiger charge is -2.42. The number of hydrogen-bond acceptors (Lipinski definition) is 3. The lowest BCUT2D eigenvalue weighted by Crippen LogP contribution is -2.58. The number of nitrogens with one attached hydrogen (secondary N) is 1. The van der Waals surface area contributed by atoms with Gasteiger partial charge in [-0.15, -0.1) is 0 Å². The molecule has 0 amide bonds. The molecule has 3 heteroatoms. The van der Waals surface area contributed by atoms with Crippen LogP contribution in [0, 0.1) is 5.92 Å². The van der Waals surface area contributed by atoms with E-state index in [-0.39, 0.29) is 0 Å². The van der Waals surface area contributed by atoms with Gasteiger partial charge in [0.15, 0.2) is 0 Å². The molecule has 3 nitrogen and oxygen atoms in total. The quantitative estimate of drug-likeness (QED) is 0.865. The van der Waals surface area contributed by atoms with Gasteiger partial charge in [0.05, 0.1) is 0 Å². The van der Waals surface area contributed by atoms with Crippen LogP contribution in [0.5, 0.6) is 0 Å². The smallest absolute Gasteiger partial charge is 0.0416 e. The Morgan fingerprint density at radius 1 is 1.40 bits per heavy atom. The molecule has 2 rings (SSSR count). The highest BCUT2D eigenvalue weighted by molar-refractivity contribution is 5.04. The van der Waals surface area contributed by atoms with Crippen LogP contribution >= 0.6 is 0 Å². The molecule has 2 unspecified atom stereocenters. The van der Waals surface area contributed by atoms with Crippen molar-refractivity contribution in [3.05, 3.63) is 30.1 Å². The van der Waals surface area contributed by atoms with Gasteiger partial charge in [-0.1, -0.05) is 33.3 Å². The summed E-state index contributed by atoms with van der Waals surface area (Å²) in [6.07, 6.45) is 5.50. The van der Waals surface area contributed by atoms with Crippen molar-refractivity contribution in [1.82, 2.24) is 15.2 Å². The predicted molar refractivity (Wildman–Crippen MR) is 84.8 cm³/mol. The Bertz CT molecular complexity index is 377. The minimum Gasteiger partial charge on any atom is -0.311 e. The van der Waals surface area contributed by atoms with Gasteiger partial charge in [0.1, 0.15) is 0 Å². The fraction of sp³-hybridized carbons (Fsp3) is 0.706. The lowest BCUT2D eigenvalue weighted by molar-refractivity contribution is 0.0966. The molecule has 0 bridgehead atoms. The zero-order chi connectivity index (χ0) is 14.4. The molecule has 0 radical (unpaired) electrons. The maximum atomic E-state index is 4.45. The van der Waals surface area contributed by atoms with Gasteiger partial charge in [-0.25, -0.2) is 0 Å². The molecule has 0 aliphatic carbocycles. The molecule has 1 N–H and O–H groups in total. The van der Waals surface area contributed by atoms with Crippen LogP contribution in [0.15, 0.2) is 24.4 Å². The Hall–Kier alpha value is -0.930. The van der Waals surface area contributed by atoms with Crippen molar-refractivity contribution in [3.63, 3.8) is 0 Å². The van der Waals surface area contributed by atoms with Crippen molar-refractivity contribution in [3.8, 4) is 0 Å². The van der Waals surface area contributed by atoms with E-state index in [1.54, 1.807) is 0 Å². The molecule has 1 aliphatic rings. The summed E-state index contributed by atoms with van der Waals surface area (Å²) in [5.74, 6) is 0.703. The van der Waals surface area contributed by atoms with Gasteiger partial charge in [0, 0.05) is 50.0 Å². The average molecular weight is 275 g/mol. The van der Waals surface area contributed by atoms with Gasteiger partial charge < -0.3 is 5.32 Å².